The summed E-state index contributed by atoms with van der Waals surface area (Å²) in [5.41, 5.74) is -2.54. The summed E-state index contributed by atoms with van der Waals surface area (Å²) in [5, 5.41) is 34.2. The number of amides is 1. The Bertz CT molecular complexity index is 894. The Kier molecular flexibility index (Phi) is 9.84. The lowest BCUT2D eigenvalue weighted by atomic mass is 10.1. The van der Waals surface area contributed by atoms with E-state index in [0.29, 0.717) is 0 Å². The molecule has 0 aliphatic rings. The van der Waals surface area contributed by atoms with Crippen molar-refractivity contribution >= 4 is 44.7 Å². The molecule has 0 aromatic heterocycles. The molecule has 1 aromatic rings. The molecular weight excluding hydrogens is 448 g/mol. The Balaban J connectivity index is 3.48. The van der Waals surface area contributed by atoms with Crippen LogP contribution in [0.2, 0.25) is 0 Å². The Morgan fingerprint density at radius 3 is 2.33 bits per heavy atom. The molecule has 0 atom stereocenters. The van der Waals surface area contributed by atoms with E-state index in [-0.39, 0.29) is 50.7 Å². The highest BCUT2D eigenvalue weighted by Crippen LogP contribution is 2.37. The van der Waals surface area contributed by atoms with Crippen molar-refractivity contribution in [3.63, 3.8) is 0 Å². The number of hydrogen-bond donors (Lipinski definition) is 3. The normalized spacial score (nSPS) is 11.2. The summed E-state index contributed by atoms with van der Waals surface area (Å²) in [6, 6.07) is 2.02. The number of hydrogen-bond acceptors (Lipinski definition) is 9. The zero-order valence-electron chi connectivity index (χ0n) is 15.7. The van der Waals surface area contributed by atoms with Crippen LogP contribution in [-0.2, 0) is 10.1 Å². The number of alkyl halides is 1. The van der Waals surface area contributed by atoms with Crippen LogP contribution in [0.5, 0.6) is 0 Å². The van der Waals surface area contributed by atoms with Gasteiger partial charge in [-0.3, -0.25) is 29.6 Å². The SMILES string of the molecule is O=C(NCCCO)c1c([N+](=O)[O-])ccc(N(CCCl)CCCS(=O)(=O)O)c1[N+](=O)[O-]. The summed E-state index contributed by atoms with van der Waals surface area (Å²) < 4.78 is 30.7. The lowest BCUT2D eigenvalue weighted by Crippen LogP contribution is -2.31. The number of anilines is 1. The standard InChI is InChI=1S/C15H21ClN4O9S/c16-5-8-18(7-2-10-30(27,28)29)12-4-3-11(19(23)24)13(14(12)20(25)26)15(22)17-6-1-9-21/h3-4,21H,1-2,5-10H2,(H,17,22)(H,27,28,29). The molecule has 0 saturated heterocycles. The molecule has 0 aliphatic carbocycles. The summed E-state index contributed by atoms with van der Waals surface area (Å²) in [6.45, 7) is -0.399. The molecule has 30 heavy (non-hydrogen) atoms. The van der Waals surface area contributed by atoms with Crippen LogP contribution >= 0.6 is 11.6 Å². The first-order valence-corrected chi connectivity index (χ1v) is 10.8. The van der Waals surface area contributed by atoms with E-state index < -0.39 is 48.6 Å². The fourth-order valence-corrected chi connectivity index (χ4v) is 3.35. The van der Waals surface area contributed by atoms with Gasteiger partial charge in [-0.1, -0.05) is 0 Å². The van der Waals surface area contributed by atoms with Crippen LogP contribution in [0.1, 0.15) is 23.2 Å². The first-order valence-electron chi connectivity index (χ1n) is 8.64. The topological polar surface area (TPSA) is 193 Å². The molecule has 1 amide bonds. The number of nitro groups is 2. The maximum Gasteiger partial charge on any atom is 0.312 e. The van der Waals surface area contributed by atoms with Gasteiger partial charge in [0.25, 0.3) is 21.7 Å². The predicted octanol–water partition coefficient (Wildman–Crippen LogP) is 0.938. The molecule has 0 radical (unpaired) electrons. The number of carbonyl (C=O) groups excluding carboxylic acids is 1. The van der Waals surface area contributed by atoms with E-state index in [1.807, 2.05) is 0 Å². The number of aliphatic hydroxyl groups excluding tert-OH is 1. The van der Waals surface area contributed by atoms with Gasteiger partial charge in [0.15, 0.2) is 5.56 Å². The fourth-order valence-electron chi connectivity index (χ4n) is 2.65. The van der Waals surface area contributed by atoms with Gasteiger partial charge in [0.1, 0.15) is 5.69 Å². The third-order valence-electron chi connectivity index (χ3n) is 3.89. The Labute approximate surface area is 176 Å². The van der Waals surface area contributed by atoms with E-state index in [9.17, 15) is 33.4 Å². The number of carbonyl (C=O) groups is 1. The third kappa shape index (κ3) is 7.37. The third-order valence-corrected chi connectivity index (χ3v) is 4.86. The van der Waals surface area contributed by atoms with Gasteiger partial charge in [-0.05, 0) is 18.9 Å². The Morgan fingerprint density at radius 2 is 1.83 bits per heavy atom. The maximum absolute atomic E-state index is 12.5. The van der Waals surface area contributed by atoms with Crippen molar-refractivity contribution in [2.24, 2.45) is 0 Å². The van der Waals surface area contributed by atoms with Crippen molar-refractivity contribution < 1.29 is 32.7 Å². The number of rotatable bonds is 13. The molecule has 3 N–H and O–H groups in total. The Hall–Kier alpha value is -2.55. The van der Waals surface area contributed by atoms with Crippen molar-refractivity contribution in [3.05, 3.63) is 37.9 Å². The molecule has 168 valence electrons. The number of nitrogens with zero attached hydrogens (tertiary/aromatic N) is 3. The second-order valence-electron chi connectivity index (χ2n) is 5.99. The van der Waals surface area contributed by atoms with Crippen molar-refractivity contribution in [2.45, 2.75) is 12.8 Å². The van der Waals surface area contributed by atoms with Crippen molar-refractivity contribution in [3.8, 4) is 0 Å². The monoisotopic (exact) mass is 468 g/mol. The molecule has 0 aliphatic heterocycles. The number of nitro benzene ring substituents is 2. The predicted molar refractivity (Wildman–Crippen MR) is 108 cm³/mol. The quantitative estimate of drug-likeness (QED) is 0.123. The smallest absolute Gasteiger partial charge is 0.312 e. The number of halogens is 1. The van der Waals surface area contributed by atoms with Crippen LogP contribution < -0.4 is 10.2 Å². The minimum absolute atomic E-state index is 0.0112. The van der Waals surface area contributed by atoms with E-state index in [2.05, 4.69) is 5.32 Å². The zero-order chi connectivity index (χ0) is 22.9. The average Bonchev–Trinajstić information content (AvgIpc) is 2.65. The molecular formula is C15H21ClN4O9S. The lowest BCUT2D eigenvalue weighted by Gasteiger charge is -2.24. The van der Waals surface area contributed by atoms with Crippen LogP contribution in [0.25, 0.3) is 0 Å². The fraction of sp³-hybridized carbons (Fsp3) is 0.533. The van der Waals surface area contributed by atoms with Crippen molar-refractivity contribution in [1.29, 1.82) is 0 Å². The second-order valence-corrected chi connectivity index (χ2v) is 7.94. The van der Waals surface area contributed by atoms with Gasteiger partial charge in [0.05, 0.1) is 15.6 Å². The van der Waals surface area contributed by atoms with Gasteiger partial charge in [-0.25, -0.2) is 0 Å². The van der Waals surface area contributed by atoms with E-state index in [1.54, 1.807) is 0 Å². The summed E-state index contributed by atoms with van der Waals surface area (Å²) in [4.78, 5) is 35.0. The molecule has 0 fully saturated rings. The van der Waals surface area contributed by atoms with Crippen LogP contribution in [0.4, 0.5) is 17.1 Å². The van der Waals surface area contributed by atoms with Gasteiger partial charge >= 0.3 is 5.69 Å². The number of benzene rings is 1. The first kappa shape index (κ1) is 25.5. The molecule has 0 unspecified atom stereocenters. The zero-order valence-corrected chi connectivity index (χ0v) is 17.3. The van der Waals surface area contributed by atoms with E-state index >= 15 is 0 Å². The molecule has 15 heteroatoms. The highest BCUT2D eigenvalue weighted by Gasteiger charge is 2.35. The van der Waals surface area contributed by atoms with Gasteiger partial charge in [0, 0.05) is 38.2 Å². The lowest BCUT2D eigenvalue weighted by molar-refractivity contribution is -0.394. The van der Waals surface area contributed by atoms with E-state index in [4.69, 9.17) is 21.3 Å². The summed E-state index contributed by atoms with van der Waals surface area (Å²) >= 11 is 5.73. The van der Waals surface area contributed by atoms with Gasteiger partial charge in [0.2, 0.25) is 0 Å². The molecule has 0 bridgehead atoms. The number of nitrogens with one attached hydrogen (secondary N) is 1. The molecule has 13 nitrogen and oxygen atoms in total. The van der Waals surface area contributed by atoms with Crippen molar-refractivity contribution in [1.82, 2.24) is 5.32 Å². The van der Waals surface area contributed by atoms with E-state index in [0.717, 1.165) is 12.1 Å². The van der Waals surface area contributed by atoms with Crippen LogP contribution in [-0.4, -0.2) is 71.7 Å². The summed E-state index contributed by atoms with van der Waals surface area (Å²) in [7, 11) is -4.26. The van der Waals surface area contributed by atoms with Gasteiger partial charge in [-0.2, -0.15) is 8.42 Å². The molecule has 1 aromatic carbocycles. The first-order chi connectivity index (χ1) is 14.0. The highest BCUT2D eigenvalue weighted by molar-refractivity contribution is 7.85. The minimum Gasteiger partial charge on any atom is -0.396 e. The van der Waals surface area contributed by atoms with E-state index in [1.165, 1.54) is 4.90 Å². The van der Waals surface area contributed by atoms with Gasteiger partial charge in [-0.15, -0.1) is 11.6 Å². The molecule has 0 heterocycles. The van der Waals surface area contributed by atoms with Crippen molar-refractivity contribution in [2.75, 3.05) is 42.8 Å². The summed E-state index contributed by atoms with van der Waals surface area (Å²) in [5.74, 6) is -1.69. The molecule has 0 spiro atoms. The van der Waals surface area contributed by atoms with Crippen LogP contribution in [0.15, 0.2) is 12.1 Å². The molecule has 1 rings (SSSR count). The Morgan fingerprint density at radius 1 is 1.17 bits per heavy atom. The van der Waals surface area contributed by atoms with Crippen LogP contribution in [0, 0.1) is 20.2 Å². The summed E-state index contributed by atoms with van der Waals surface area (Å²) in [6.07, 6.45) is 0.0307. The highest BCUT2D eigenvalue weighted by atomic mass is 35.5. The average molecular weight is 469 g/mol. The van der Waals surface area contributed by atoms with Crippen LogP contribution in [0.3, 0.4) is 0 Å². The second kappa shape index (κ2) is 11.6. The number of aliphatic hydroxyl groups is 1. The minimum atomic E-state index is -4.26. The maximum atomic E-state index is 12.5. The molecule has 0 saturated carbocycles. The largest absolute Gasteiger partial charge is 0.396 e. The van der Waals surface area contributed by atoms with Gasteiger partial charge < -0.3 is 15.3 Å².